The summed E-state index contributed by atoms with van der Waals surface area (Å²) >= 11 is 3.48. The lowest BCUT2D eigenvalue weighted by atomic mass is 10.0. The third-order valence-electron chi connectivity index (χ3n) is 3.47. The van der Waals surface area contributed by atoms with Crippen molar-refractivity contribution in [3.05, 3.63) is 33.8 Å². The smallest absolute Gasteiger partial charge is 0.255 e. The number of carbonyl (C=O) groups excluding carboxylic acids is 1. The molecule has 2 rings (SSSR count). The van der Waals surface area contributed by atoms with E-state index in [4.69, 9.17) is 0 Å². The van der Waals surface area contributed by atoms with E-state index in [1.165, 1.54) is 0 Å². The van der Waals surface area contributed by atoms with E-state index in [2.05, 4.69) is 21.2 Å². The van der Waals surface area contributed by atoms with Gasteiger partial charge in [0.25, 0.3) is 5.91 Å². The monoisotopic (exact) mass is 310 g/mol. The number of rotatable bonds is 2. The first-order chi connectivity index (χ1) is 8.61. The fourth-order valence-corrected chi connectivity index (χ4v) is 3.02. The van der Waals surface area contributed by atoms with Gasteiger partial charge < -0.3 is 10.2 Å². The average Bonchev–Trinajstić information content (AvgIpc) is 2.38. The van der Waals surface area contributed by atoms with Gasteiger partial charge in [0.2, 0.25) is 0 Å². The Bertz CT molecular complexity index is 447. The third kappa shape index (κ3) is 2.93. The van der Waals surface area contributed by atoms with Crippen LogP contribution >= 0.6 is 15.9 Å². The Morgan fingerprint density at radius 2 is 2.28 bits per heavy atom. The van der Waals surface area contributed by atoms with Gasteiger partial charge in [0, 0.05) is 23.6 Å². The first-order valence-corrected chi connectivity index (χ1v) is 7.14. The van der Waals surface area contributed by atoms with Crippen molar-refractivity contribution in [1.29, 1.82) is 0 Å². The summed E-state index contributed by atoms with van der Waals surface area (Å²) in [6.45, 7) is 3.68. The van der Waals surface area contributed by atoms with Gasteiger partial charge in [-0.2, -0.15) is 0 Å². The summed E-state index contributed by atoms with van der Waals surface area (Å²) < 4.78 is 0.888. The van der Waals surface area contributed by atoms with Crippen molar-refractivity contribution in [3.63, 3.8) is 0 Å². The maximum Gasteiger partial charge on any atom is 0.255 e. The van der Waals surface area contributed by atoms with E-state index >= 15 is 0 Å². The minimum Gasteiger partial charge on any atom is -0.337 e. The summed E-state index contributed by atoms with van der Waals surface area (Å²) in [7, 11) is 1.96. The predicted molar refractivity (Wildman–Crippen MR) is 76.9 cm³/mol. The van der Waals surface area contributed by atoms with Gasteiger partial charge in [-0.15, -0.1) is 0 Å². The molecule has 98 valence electrons. The van der Waals surface area contributed by atoms with Crippen LogP contribution in [-0.2, 0) is 0 Å². The molecule has 0 radical (unpaired) electrons. The molecule has 1 saturated heterocycles. The van der Waals surface area contributed by atoms with Gasteiger partial charge in [-0.1, -0.05) is 6.07 Å². The predicted octanol–water partition coefficient (Wildman–Crippen LogP) is 2.58. The Labute approximate surface area is 117 Å². The highest BCUT2D eigenvalue weighted by molar-refractivity contribution is 9.10. The number of piperidine rings is 1. The van der Waals surface area contributed by atoms with E-state index in [9.17, 15) is 4.79 Å². The standard InChI is InChI=1S/C14H19BrN2O/c1-10-5-6-12(13(15)8-10)14(18)17-7-3-4-11(9-17)16-2/h5-6,8,11,16H,3-4,7,9H2,1-2H3. The van der Waals surface area contributed by atoms with E-state index in [1.807, 2.05) is 37.1 Å². The second kappa shape index (κ2) is 5.85. The van der Waals surface area contributed by atoms with Crippen molar-refractivity contribution in [2.45, 2.75) is 25.8 Å². The number of hydrogen-bond donors (Lipinski definition) is 1. The van der Waals surface area contributed by atoms with Gasteiger partial charge in [0.1, 0.15) is 0 Å². The molecule has 0 bridgehead atoms. The van der Waals surface area contributed by atoms with Crippen molar-refractivity contribution in [2.24, 2.45) is 0 Å². The zero-order valence-electron chi connectivity index (χ0n) is 10.9. The molecule has 3 nitrogen and oxygen atoms in total. The van der Waals surface area contributed by atoms with Crippen LogP contribution in [0.5, 0.6) is 0 Å². The number of likely N-dealkylation sites (N-methyl/N-ethyl adjacent to an activating group) is 1. The number of halogens is 1. The number of nitrogens with one attached hydrogen (secondary N) is 1. The summed E-state index contributed by atoms with van der Waals surface area (Å²) in [5, 5.41) is 3.26. The van der Waals surface area contributed by atoms with Gasteiger partial charge in [-0.3, -0.25) is 4.79 Å². The van der Waals surface area contributed by atoms with E-state index in [1.54, 1.807) is 0 Å². The number of nitrogens with zero attached hydrogens (tertiary/aromatic N) is 1. The van der Waals surface area contributed by atoms with Crippen LogP contribution in [0.4, 0.5) is 0 Å². The molecule has 0 spiro atoms. The molecule has 18 heavy (non-hydrogen) atoms. The highest BCUT2D eigenvalue weighted by atomic mass is 79.9. The molecule has 1 N–H and O–H groups in total. The molecule has 1 aromatic carbocycles. The quantitative estimate of drug-likeness (QED) is 0.910. The molecule has 1 amide bonds. The summed E-state index contributed by atoms with van der Waals surface area (Å²) in [6, 6.07) is 6.31. The summed E-state index contributed by atoms with van der Waals surface area (Å²) in [4.78, 5) is 14.4. The van der Waals surface area contributed by atoms with Gasteiger partial charge in [-0.25, -0.2) is 0 Å². The molecule has 1 aliphatic rings. The molecule has 1 fully saturated rings. The van der Waals surface area contributed by atoms with Crippen molar-refractivity contribution < 1.29 is 4.79 Å². The molecule has 1 aliphatic heterocycles. The topological polar surface area (TPSA) is 32.3 Å². The summed E-state index contributed by atoms with van der Waals surface area (Å²) in [5.41, 5.74) is 1.92. The van der Waals surface area contributed by atoms with E-state index in [0.29, 0.717) is 6.04 Å². The van der Waals surface area contributed by atoms with E-state index in [0.717, 1.165) is 41.5 Å². The van der Waals surface area contributed by atoms with Crippen LogP contribution in [0.15, 0.2) is 22.7 Å². The van der Waals surface area contributed by atoms with Gasteiger partial charge in [0.05, 0.1) is 5.56 Å². The Balaban J connectivity index is 2.15. The molecule has 1 atom stereocenters. The molecule has 1 unspecified atom stereocenters. The normalized spacial score (nSPS) is 19.9. The number of carbonyl (C=O) groups is 1. The SMILES string of the molecule is CNC1CCCN(C(=O)c2ccc(C)cc2Br)C1. The third-order valence-corrected chi connectivity index (χ3v) is 4.13. The molecular weight excluding hydrogens is 292 g/mol. The minimum atomic E-state index is 0.127. The average molecular weight is 311 g/mol. The van der Waals surface area contributed by atoms with Crippen molar-refractivity contribution in [1.82, 2.24) is 10.2 Å². The number of amides is 1. The molecule has 0 saturated carbocycles. The summed E-state index contributed by atoms with van der Waals surface area (Å²) in [5.74, 6) is 0.127. The van der Waals surface area contributed by atoms with E-state index < -0.39 is 0 Å². The Hall–Kier alpha value is -0.870. The van der Waals surface area contributed by atoms with Crippen LogP contribution in [-0.4, -0.2) is 37.0 Å². The van der Waals surface area contributed by atoms with Crippen LogP contribution in [0.2, 0.25) is 0 Å². The first-order valence-electron chi connectivity index (χ1n) is 6.34. The lowest BCUT2D eigenvalue weighted by molar-refractivity contribution is 0.0697. The molecular formula is C14H19BrN2O. The van der Waals surface area contributed by atoms with Crippen molar-refractivity contribution >= 4 is 21.8 Å². The van der Waals surface area contributed by atoms with Gasteiger partial charge in [0.15, 0.2) is 0 Å². The van der Waals surface area contributed by atoms with Crippen molar-refractivity contribution in [2.75, 3.05) is 20.1 Å². The fourth-order valence-electron chi connectivity index (χ4n) is 2.36. The van der Waals surface area contributed by atoms with E-state index in [-0.39, 0.29) is 5.91 Å². The summed E-state index contributed by atoms with van der Waals surface area (Å²) in [6.07, 6.45) is 2.22. The Kier molecular flexibility index (Phi) is 4.40. The van der Waals surface area contributed by atoms with Crippen molar-refractivity contribution in [3.8, 4) is 0 Å². The fraction of sp³-hybridized carbons (Fsp3) is 0.500. The zero-order valence-corrected chi connectivity index (χ0v) is 12.5. The van der Waals surface area contributed by atoms with Crippen LogP contribution < -0.4 is 5.32 Å². The maximum absolute atomic E-state index is 12.5. The Morgan fingerprint density at radius 1 is 1.50 bits per heavy atom. The van der Waals surface area contributed by atoms with Crippen LogP contribution in [0.25, 0.3) is 0 Å². The molecule has 0 aromatic heterocycles. The number of likely N-dealkylation sites (tertiary alicyclic amines) is 1. The van der Waals surface area contributed by atoms with Crippen LogP contribution in [0.3, 0.4) is 0 Å². The first kappa shape index (κ1) is 13.6. The maximum atomic E-state index is 12.5. The second-order valence-electron chi connectivity index (χ2n) is 4.86. The molecule has 0 aliphatic carbocycles. The largest absolute Gasteiger partial charge is 0.337 e. The number of hydrogen-bond acceptors (Lipinski definition) is 2. The highest BCUT2D eigenvalue weighted by Crippen LogP contribution is 2.21. The molecule has 1 aromatic rings. The molecule has 1 heterocycles. The lowest BCUT2D eigenvalue weighted by Crippen LogP contribution is -2.47. The van der Waals surface area contributed by atoms with Crippen LogP contribution in [0, 0.1) is 6.92 Å². The second-order valence-corrected chi connectivity index (χ2v) is 5.72. The zero-order chi connectivity index (χ0) is 13.1. The Morgan fingerprint density at radius 3 is 2.94 bits per heavy atom. The lowest BCUT2D eigenvalue weighted by Gasteiger charge is -2.32. The molecule has 4 heteroatoms. The minimum absolute atomic E-state index is 0.127. The van der Waals surface area contributed by atoms with Gasteiger partial charge in [-0.05, 0) is 60.4 Å². The number of benzene rings is 1. The van der Waals surface area contributed by atoms with Crippen LogP contribution in [0.1, 0.15) is 28.8 Å². The van der Waals surface area contributed by atoms with Gasteiger partial charge >= 0.3 is 0 Å². The highest BCUT2D eigenvalue weighted by Gasteiger charge is 2.24. The number of aryl methyl sites for hydroxylation is 1.